The number of para-hydroxylation sites is 1. The fourth-order valence-corrected chi connectivity index (χ4v) is 3.43. The molecule has 0 unspecified atom stereocenters. The zero-order valence-corrected chi connectivity index (χ0v) is 14.5. The summed E-state index contributed by atoms with van der Waals surface area (Å²) in [5, 5.41) is 3.02. The fraction of sp³-hybridized carbons (Fsp3) is 0.211. The third kappa shape index (κ3) is 2.94. The zero-order chi connectivity index (χ0) is 16.4. The zero-order valence-electron chi connectivity index (χ0n) is 13.7. The summed E-state index contributed by atoms with van der Waals surface area (Å²) in [4.78, 5) is 4.82. The number of nitrogens with zero attached hydrogens (tertiary/aromatic N) is 1. The van der Waals surface area contributed by atoms with Crippen LogP contribution in [0.3, 0.4) is 0 Å². The minimum atomic E-state index is 0.716. The first-order chi connectivity index (χ1) is 11.1. The van der Waals surface area contributed by atoms with Crippen molar-refractivity contribution in [2.45, 2.75) is 13.8 Å². The highest BCUT2D eigenvalue weighted by molar-refractivity contribution is 7.13. The minimum Gasteiger partial charge on any atom is -0.493 e. The molecule has 0 spiro atoms. The molecule has 0 radical (unpaired) electrons. The van der Waals surface area contributed by atoms with Gasteiger partial charge in [0, 0.05) is 10.9 Å². The van der Waals surface area contributed by atoms with E-state index in [1.54, 1.807) is 25.6 Å². The first-order valence-corrected chi connectivity index (χ1v) is 8.26. The summed E-state index contributed by atoms with van der Waals surface area (Å²) in [5.74, 6) is 1.44. The second kappa shape index (κ2) is 6.42. The Morgan fingerprint density at radius 2 is 1.78 bits per heavy atom. The van der Waals surface area contributed by atoms with Gasteiger partial charge in [0.25, 0.3) is 0 Å². The molecule has 0 fully saturated rings. The van der Waals surface area contributed by atoms with Crippen molar-refractivity contribution in [3.05, 3.63) is 52.9 Å². The van der Waals surface area contributed by atoms with E-state index in [0.29, 0.717) is 5.75 Å². The highest BCUT2D eigenvalue weighted by Crippen LogP contribution is 2.40. The number of aryl methyl sites for hydroxylation is 2. The van der Waals surface area contributed by atoms with Crippen molar-refractivity contribution < 1.29 is 9.47 Å². The van der Waals surface area contributed by atoms with Gasteiger partial charge in [-0.05, 0) is 37.6 Å². The van der Waals surface area contributed by atoms with E-state index in [-0.39, 0.29) is 0 Å². The van der Waals surface area contributed by atoms with E-state index in [1.165, 1.54) is 16.7 Å². The molecule has 3 rings (SSSR count). The van der Waals surface area contributed by atoms with Crippen LogP contribution in [0.2, 0.25) is 0 Å². The molecule has 0 N–H and O–H groups in total. The van der Waals surface area contributed by atoms with Crippen molar-refractivity contribution in [3.63, 3.8) is 0 Å². The number of hydrogen-bond acceptors (Lipinski definition) is 4. The Bertz CT molecular complexity index is 839. The summed E-state index contributed by atoms with van der Waals surface area (Å²) < 4.78 is 10.9. The van der Waals surface area contributed by atoms with Crippen LogP contribution in [0.1, 0.15) is 11.1 Å². The van der Waals surface area contributed by atoms with E-state index in [9.17, 15) is 0 Å². The Morgan fingerprint density at radius 1 is 0.957 bits per heavy atom. The SMILES string of the molecule is COc1cccc(-c2nc(-c3cc(C)ccc3C)cs2)c1OC. The quantitative estimate of drug-likeness (QED) is 0.668. The van der Waals surface area contributed by atoms with Gasteiger partial charge in [0.2, 0.25) is 0 Å². The second-order valence-corrected chi connectivity index (χ2v) is 6.26. The lowest BCUT2D eigenvalue weighted by Gasteiger charge is -2.10. The van der Waals surface area contributed by atoms with E-state index < -0.39 is 0 Å². The van der Waals surface area contributed by atoms with Crippen molar-refractivity contribution in [3.8, 4) is 33.3 Å². The van der Waals surface area contributed by atoms with Crippen LogP contribution in [0.4, 0.5) is 0 Å². The van der Waals surface area contributed by atoms with Crippen molar-refractivity contribution in [2.24, 2.45) is 0 Å². The summed E-state index contributed by atoms with van der Waals surface area (Å²) in [6.07, 6.45) is 0. The van der Waals surface area contributed by atoms with Crippen LogP contribution in [0, 0.1) is 13.8 Å². The number of rotatable bonds is 4. The Morgan fingerprint density at radius 3 is 2.52 bits per heavy atom. The van der Waals surface area contributed by atoms with Crippen LogP contribution in [-0.2, 0) is 0 Å². The third-order valence-corrected chi connectivity index (χ3v) is 4.68. The average Bonchev–Trinajstić information content (AvgIpc) is 3.05. The van der Waals surface area contributed by atoms with Crippen LogP contribution >= 0.6 is 11.3 Å². The average molecular weight is 325 g/mol. The summed E-state index contributed by atoms with van der Waals surface area (Å²) in [6.45, 7) is 4.21. The molecule has 0 aliphatic rings. The molecule has 0 aliphatic heterocycles. The van der Waals surface area contributed by atoms with E-state index in [1.807, 2.05) is 18.2 Å². The molecule has 3 aromatic rings. The van der Waals surface area contributed by atoms with E-state index in [0.717, 1.165) is 22.0 Å². The lowest BCUT2D eigenvalue weighted by atomic mass is 10.0. The van der Waals surface area contributed by atoms with Crippen LogP contribution in [-0.4, -0.2) is 19.2 Å². The predicted molar refractivity (Wildman–Crippen MR) is 95.6 cm³/mol. The largest absolute Gasteiger partial charge is 0.493 e. The van der Waals surface area contributed by atoms with Crippen molar-refractivity contribution in [2.75, 3.05) is 14.2 Å². The van der Waals surface area contributed by atoms with Gasteiger partial charge in [-0.1, -0.05) is 23.8 Å². The topological polar surface area (TPSA) is 31.4 Å². The molecule has 2 aromatic carbocycles. The molecular weight excluding hydrogens is 306 g/mol. The second-order valence-electron chi connectivity index (χ2n) is 5.40. The standard InChI is InChI=1S/C19H19NO2S/c1-12-8-9-13(2)15(10-12)16-11-23-19(20-16)14-6-5-7-17(21-3)18(14)22-4/h5-11H,1-4H3. The molecule has 0 bridgehead atoms. The van der Waals surface area contributed by atoms with Gasteiger partial charge in [0.15, 0.2) is 11.5 Å². The molecule has 118 valence electrons. The highest BCUT2D eigenvalue weighted by Gasteiger charge is 2.15. The van der Waals surface area contributed by atoms with E-state index in [2.05, 4.69) is 37.4 Å². The van der Waals surface area contributed by atoms with Gasteiger partial charge in [-0.2, -0.15) is 0 Å². The Kier molecular flexibility index (Phi) is 4.35. The van der Waals surface area contributed by atoms with Crippen LogP contribution in [0.5, 0.6) is 11.5 Å². The lowest BCUT2D eigenvalue weighted by Crippen LogP contribution is -1.93. The first kappa shape index (κ1) is 15.6. The minimum absolute atomic E-state index is 0.716. The van der Waals surface area contributed by atoms with Gasteiger partial charge < -0.3 is 9.47 Å². The molecule has 1 heterocycles. The molecule has 0 saturated carbocycles. The number of thiazole rings is 1. The number of hydrogen-bond donors (Lipinski definition) is 0. The first-order valence-electron chi connectivity index (χ1n) is 7.38. The maximum absolute atomic E-state index is 5.52. The Balaban J connectivity index is 2.08. The van der Waals surface area contributed by atoms with Crippen molar-refractivity contribution in [1.82, 2.24) is 4.98 Å². The molecule has 0 saturated heterocycles. The summed E-state index contributed by atoms with van der Waals surface area (Å²) in [5.41, 5.74) is 5.59. The van der Waals surface area contributed by atoms with Gasteiger partial charge in [-0.25, -0.2) is 4.98 Å². The van der Waals surface area contributed by atoms with Gasteiger partial charge >= 0.3 is 0 Å². The highest BCUT2D eigenvalue weighted by atomic mass is 32.1. The van der Waals surface area contributed by atoms with Crippen LogP contribution in [0.25, 0.3) is 21.8 Å². The third-order valence-electron chi connectivity index (χ3n) is 3.81. The molecule has 3 nitrogen and oxygen atoms in total. The molecule has 0 atom stereocenters. The van der Waals surface area contributed by atoms with E-state index >= 15 is 0 Å². The molecule has 0 amide bonds. The number of methoxy groups -OCH3 is 2. The number of benzene rings is 2. The molecule has 4 heteroatoms. The summed E-state index contributed by atoms with van der Waals surface area (Å²) in [7, 11) is 3.30. The van der Waals surface area contributed by atoms with Gasteiger partial charge in [0.05, 0.1) is 25.5 Å². The van der Waals surface area contributed by atoms with Gasteiger partial charge in [-0.3, -0.25) is 0 Å². The fourth-order valence-electron chi connectivity index (χ4n) is 2.59. The van der Waals surface area contributed by atoms with Crippen molar-refractivity contribution in [1.29, 1.82) is 0 Å². The lowest BCUT2D eigenvalue weighted by molar-refractivity contribution is 0.356. The van der Waals surface area contributed by atoms with Crippen LogP contribution in [0.15, 0.2) is 41.8 Å². The predicted octanol–water partition coefficient (Wildman–Crippen LogP) is 5.11. The summed E-state index contributed by atoms with van der Waals surface area (Å²) >= 11 is 1.61. The van der Waals surface area contributed by atoms with E-state index in [4.69, 9.17) is 14.5 Å². The van der Waals surface area contributed by atoms with Crippen LogP contribution < -0.4 is 9.47 Å². The van der Waals surface area contributed by atoms with Crippen molar-refractivity contribution >= 4 is 11.3 Å². The Hall–Kier alpha value is -2.33. The smallest absolute Gasteiger partial charge is 0.170 e. The normalized spacial score (nSPS) is 10.6. The summed E-state index contributed by atoms with van der Waals surface area (Å²) in [6, 6.07) is 12.3. The molecule has 0 aliphatic carbocycles. The molecule has 23 heavy (non-hydrogen) atoms. The molecule has 1 aromatic heterocycles. The maximum atomic E-state index is 5.52. The molecular formula is C19H19NO2S. The van der Waals surface area contributed by atoms with Gasteiger partial charge in [0.1, 0.15) is 5.01 Å². The monoisotopic (exact) mass is 325 g/mol. The Labute approximate surface area is 140 Å². The number of aromatic nitrogens is 1. The van der Waals surface area contributed by atoms with Gasteiger partial charge in [-0.15, -0.1) is 11.3 Å². The number of ether oxygens (including phenoxy) is 2. The maximum Gasteiger partial charge on any atom is 0.170 e.